The fourth-order valence-electron chi connectivity index (χ4n) is 4.93. The molecule has 0 aliphatic carbocycles. The maximum Gasteiger partial charge on any atom is 0.584 e. The highest BCUT2D eigenvalue weighted by molar-refractivity contribution is 7.48. The van der Waals surface area contributed by atoms with Crippen LogP contribution in [-0.4, -0.2) is 16.4 Å². The number of ether oxygens (including phenoxy) is 1. The van der Waals surface area contributed by atoms with Gasteiger partial charge >= 0.3 is 7.82 Å². The van der Waals surface area contributed by atoms with Gasteiger partial charge in [-0.25, -0.2) is 4.57 Å². The normalized spacial score (nSPS) is 14.1. The maximum atomic E-state index is 12.7. The quantitative estimate of drug-likeness (QED) is 0.110. The number of phosphoric acid groups is 1. The molecule has 7 heteroatoms. The van der Waals surface area contributed by atoms with E-state index in [1.807, 2.05) is 29.4 Å². The Hall–Kier alpha value is -2.69. The lowest BCUT2D eigenvalue weighted by Gasteiger charge is -2.19. The molecule has 1 aliphatic heterocycles. The van der Waals surface area contributed by atoms with E-state index >= 15 is 0 Å². The molecule has 0 aromatic heterocycles. The van der Waals surface area contributed by atoms with Crippen LogP contribution in [0.5, 0.6) is 17.2 Å². The van der Waals surface area contributed by atoms with Crippen molar-refractivity contribution in [2.45, 2.75) is 110 Å². The Kier molecular flexibility index (Phi) is 15.6. The molecule has 41 heavy (non-hydrogen) atoms. The molecule has 1 unspecified atom stereocenters. The van der Waals surface area contributed by atoms with Crippen LogP contribution >= 0.6 is 7.82 Å². The first kappa shape index (κ1) is 32.8. The molecule has 0 spiro atoms. The van der Waals surface area contributed by atoms with Gasteiger partial charge in [0.2, 0.25) is 0 Å². The SMILES string of the molecule is CCCCCCCCCCCCCCCCOc1cccc(OP(=O)(O)Oc2cccc(CN3C=CCC=C3)c2)c1. The molecule has 0 saturated carbocycles. The van der Waals surface area contributed by atoms with Crippen molar-refractivity contribution in [2.24, 2.45) is 0 Å². The summed E-state index contributed by atoms with van der Waals surface area (Å²) in [5.74, 6) is 1.12. The van der Waals surface area contributed by atoms with Crippen molar-refractivity contribution in [3.05, 3.63) is 78.6 Å². The Morgan fingerprint density at radius 2 is 1.22 bits per heavy atom. The third-order valence-electron chi connectivity index (χ3n) is 7.14. The average molecular weight is 584 g/mol. The molecule has 226 valence electrons. The number of hydrogen-bond acceptors (Lipinski definition) is 5. The minimum Gasteiger partial charge on any atom is -0.493 e. The van der Waals surface area contributed by atoms with Crippen molar-refractivity contribution in [1.82, 2.24) is 4.90 Å². The molecular weight excluding hydrogens is 533 g/mol. The zero-order valence-corrected chi connectivity index (χ0v) is 25.8. The molecule has 0 fully saturated rings. The zero-order chi connectivity index (χ0) is 29.0. The van der Waals surface area contributed by atoms with Gasteiger partial charge in [-0.05, 0) is 42.7 Å². The second-order valence-corrected chi connectivity index (χ2v) is 12.2. The van der Waals surface area contributed by atoms with Gasteiger partial charge in [0, 0.05) is 25.0 Å². The number of phosphoric ester groups is 1. The van der Waals surface area contributed by atoms with Crippen LogP contribution in [0.25, 0.3) is 0 Å². The van der Waals surface area contributed by atoms with E-state index < -0.39 is 7.82 Å². The predicted molar refractivity (Wildman–Crippen MR) is 168 cm³/mol. The van der Waals surface area contributed by atoms with E-state index in [2.05, 4.69) is 19.1 Å². The minimum absolute atomic E-state index is 0.231. The minimum atomic E-state index is -4.38. The highest BCUT2D eigenvalue weighted by Crippen LogP contribution is 2.45. The Morgan fingerprint density at radius 1 is 0.707 bits per heavy atom. The summed E-state index contributed by atoms with van der Waals surface area (Å²) in [4.78, 5) is 12.4. The molecule has 0 radical (unpaired) electrons. The molecule has 6 nitrogen and oxygen atoms in total. The second kappa shape index (κ2) is 19.4. The Labute approximate surface area is 248 Å². The van der Waals surface area contributed by atoms with Gasteiger partial charge in [0.05, 0.1) is 6.61 Å². The largest absolute Gasteiger partial charge is 0.584 e. The molecule has 1 atom stereocenters. The first-order chi connectivity index (χ1) is 20.0. The van der Waals surface area contributed by atoms with E-state index in [4.69, 9.17) is 13.8 Å². The van der Waals surface area contributed by atoms with E-state index in [9.17, 15) is 9.46 Å². The van der Waals surface area contributed by atoms with Crippen molar-refractivity contribution in [2.75, 3.05) is 6.61 Å². The van der Waals surface area contributed by atoms with E-state index in [1.54, 1.807) is 36.4 Å². The standard InChI is InChI=1S/C34H50NO5P/c1-2-3-4-5-6-7-8-9-10-11-12-13-14-18-27-38-32-22-20-24-34(29-32)40-41(36,37)39-33-23-19-21-31(28-33)30-35-25-16-15-17-26-35/h16-17,19-26,28-29H,2-15,18,27,30H2,1H3,(H,36,37). The first-order valence-corrected chi connectivity index (χ1v) is 17.2. The topological polar surface area (TPSA) is 68.2 Å². The Morgan fingerprint density at radius 3 is 1.83 bits per heavy atom. The van der Waals surface area contributed by atoms with E-state index in [0.717, 1.165) is 24.8 Å². The summed E-state index contributed by atoms with van der Waals surface area (Å²) in [7, 11) is -4.38. The molecule has 2 aromatic rings. The number of rotatable bonds is 22. The summed E-state index contributed by atoms with van der Waals surface area (Å²) in [5, 5.41) is 0. The third kappa shape index (κ3) is 14.7. The lowest BCUT2D eigenvalue weighted by Crippen LogP contribution is -2.10. The lowest BCUT2D eigenvalue weighted by atomic mass is 10.0. The van der Waals surface area contributed by atoms with Gasteiger partial charge in [-0.1, -0.05) is 121 Å². The van der Waals surface area contributed by atoms with Gasteiger partial charge in [0.25, 0.3) is 0 Å². The summed E-state index contributed by atoms with van der Waals surface area (Å²) < 4.78 is 29.3. The van der Waals surface area contributed by atoms with Crippen LogP contribution in [0, 0.1) is 0 Å². The van der Waals surface area contributed by atoms with Gasteiger partial charge < -0.3 is 18.7 Å². The highest BCUT2D eigenvalue weighted by atomic mass is 31.2. The summed E-state index contributed by atoms with van der Waals surface area (Å²) >= 11 is 0. The van der Waals surface area contributed by atoms with Crippen molar-refractivity contribution in [3.8, 4) is 17.2 Å². The van der Waals surface area contributed by atoms with Crippen LogP contribution in [0.2, 0.25) is 0 Å². The van der Waals surface area contributed by atoms with Gasteiger partial charge in [-0.2, -0.15) is 0 Å². The summed E-state index contributed by atoms with van der Waals surface area (Å²) in [5.41, 5.74) is 0.956. The summed E-state index contributed by atoms with van der Waals surface area (Å²) in [6, 6.07) is 14.0. The zero-order valence-electron chi connectivity index (χ0n) is 24.9. The fraction of sp³-hybridized carbons (Fsp3) is 0.529. The first-order valence-electron chi connectivity index (χ1n) is 15.7. The fourth-order valence-corrected chi connectivity index (χ4v) is 5.73. The average Bonchev–Trinajstić information content (AvgIpc) is 2.95. The maximum absolute atomic E-state index is 12.7. The van der Waals surface area contributed by atoms with Crippen LogP contribution in [-0.2, 0) is 11.1 Å². The molecule has 1 N–H and O–H groups in total. The molecule has 3 rings (SSSR count). The van der Waals surface area contributed by atoms with E-state index in [-0.39, 0.29) is 11.5 Å². The molecule has 0 bridgehead atoms. The van der Waals surface area contributed by atoms with Crippen LogP contribution in [0.4, 0.5) is 0 Å². The molecule has 2 aromatic carbocycles. The van der Waals surface area contributed by atoms with Gasteiger partial charge in [-0.3, -0.25) is 4.89 Å². The number of benzene rings is 2. The highest BCUT2D eigenvalue weighted by Gasteiger charge is 2.25. The van der Waals surface area contributed by atoms with E-state index in [1.165, 1.54) is 77.0 Å². The number of unbranched alkanes of at least 4 members (excludes halogenated alkanes) is 13. The van der Waals surface area contributed by atoms with Gasteiger partial charge in [0.1, 0.15) is 17.2 Å². The van der Waals surface area contributed by atoms with Gasteiger partial charge in [-0.15, -0.1) is 0 Å². The van der Waals surface area contributed by atoms with Crippen molar-refractivity contribution < 1.29 is 23.2 Å². The van der Waals surface area contributed by atoms with Crippen LogP contribution in [0.3, 0.4) is 0 Å². The molecule has 0 saturated heterocycles. The number of nitrogens with zero attached hydrogens (tertiary/aromatic N) is 1. The smallest absolute Gasteiger partial charge is 0.493 e. The van der Waals surface area contributed by atoms with Crippen molar-refractivity contribution >= 4 is 7.82 Å². The molecule has 1 aliphatic rings. The molecular formula is C34H50NO5P. The van der Waals surface area contributed by atoms with Gasteiger partial charge in [0.15, 0.2) is 0 Å². The summed E-state index contributed by atoms with van der Waals surface area (Å²) in [6.07, 6.45) is 27.6. The third-order valence-corrected chi connectivity index (χ3v) is 8.03. The monoisotopic (exact) mass is 583 g/mol. The number of hydrogen-bond donors (Lipinski definition) is 1. The van der Waals surface area contributed by atoms with Crippen LogP contribution in [0.15, 0.2) is 73.1 Å². The second-order valence-electron chi connectivity index (χ2n) is 10.9. The molecule has 0 amide bonds. The lowest BCUT2D eigenvalue weighted by molar-refractivity contribution is 0.287. The van der Waals surface area contributed by atoms with Crippen molar-refractivity contribution in [3.63, 3.8) is 0 Å². The Balaban J connectivity index is 1.28. The molecule has 1 heterocycles. The van der Waals surface area contributed by atoms with Crippen molar-refractivity contribution in [1.29, 1.82) is 0 Å². The van der Waals surface area contributed by atoms with Crippen LogP contribution < -0.4 is 13.8 Å². The Bertz CT molecular complexity index is 1090. The van der Waals surface area contributed by atoms with Crippen LogP contribution in [0.1, 0.15) is 109 Å². The predicted octanol–water partition coefficient (Wildman–Crippen LogP) is 10.3. The summed E-state index contributed by atoms with van der Waals surface area (Å²) in [6.45, 7) is 3.52. The number of allylic oxidation sites excluding steroid dienone is 2. The van der Waals surface area contributed by atoms with E-state index in [0.29, 0.717) is 18.9 Å².